The lowest BCUT2D eigenvalue weighted by molar-refractivity contribution is 0.114. The van der Waals surface area contributed by atoms with Crippen molar-refractivity contribution in [3.63, 3.8) is 0 Å². The molecule has 1 atom stereocenters. The van der Waals surface area contributed by atoms with Crippen LogP contribution in [-0.2, 0) is 28.3 Å². The van der Waals surface area contributed by atoms with Crippen LogP contribution in [0.25, 0.3) is 0 Å². The van der Waals surface area contributed by atoms with Crippen LogP contribution in [0.15, 0.2) is 66.9 Å². The molecular formula is C29H29NO3. The molecule has 1 heterocycles. The molecule has 0 bridgehead atoms. The minimum Gasteiger partial charge on any atom is -0.376 e. The predicted molar refractivity (Wildman–Crippen MR) is 130 cm³/mol. The number of pyridine rings is 1. The van der Waals surface area contributed by atoms with Crippen LogP contribution < -0.4 is 0 Å². The van der Waals surface area contributed by atoms with Crippen LogP contribution >= 0.6 is 0 Å². The first-order valence-electron chi connectivity index (χ1n) is 10.9. The minimum absolute atomic E-state index is 0.336. The molecule has 0 aliphatic rings. The highest BCUT2D eigenvalue weighted by molar-refractivity contribution is 5.50. The van der Waals surface area contributed by atoms with E-state index in [1.165, 1.54) is 0 Å². The third kappa shape index (κ3) is 6.09. The van der Waals surface area contributed by atoms with Gasteiger partial charge in [0.2, 0.25) is 0 Å². The van der Waals surface area contributed by atoms with E-state index in [0.717, 1.165) is 27.9 Å². The Hall–Kier alpha value is -3.41. The lowest BCUT2D eigenvalue weighted by atomic mass is 9.78. The van der Waals surface area contributed by atoms with Crippen molar-refractivity contribution in [2.75, 3.05) is 13.2 Å². The molecule has 1 N–H and O–H groups in total. The molecule has 0 aliphatic heterocycles. The Morgan fingerprint density at radius 2 is 1.58 bits per heavy atom. The van der Waals surface area contributed by atoms with Gasteiger partial charge in [-0.2, -0.15) is 0 Å². The monoisotopic (exact) mass is 439 g/mol. The average molecular weight is 440 g/mol. The van der Waals surface area contributed by atoms with Crippen LogP contribution in [0.1, 0.15) is 47.4 Å². The van der Waals surface area contributed by atoms with Gasteiger partial charge in [-0.05, 0) is 55.2 Å². The molecule has 0 radical (unpaired) electrons. The predicted octanol–water partition coefficient (Wildman–Crippen LogP) is 4.75. The fourth-order valence-corrected chi connectivity index (χ4v) is 3.62. The third-order valence-corrected chi connectivity index (χ3v) is 5.31. The van der Waals surface area contributed by atoms with Crippen molar-refractivity contribution in [1.29, 1.82) is 0 Å². The summed E-state index contributed by atoms with van der Waals surface area (Å²) < 4.78 is 11.4. The first kappa shape index (κ1) is 24.2. The molecule has 3 aromatic rings. The van der Waals surface area contributed by atoms with Crippen LogP contribution in [0.2, 0.25) is 0 Å². The van der Waals surface area contributed by atoms with Crippen LogP contribution in [-0.4, -0.2) is 23.3 Å². The van der Waals surface area contributed by atoms with Crippen LogP contribution in [0.4, 0.5) is 0 Å². The number of aromatic nitrogens is 1. The van der Waals surface area contributed by atoms with E-state index in [1.807, 2.05) is 67.6 Å². The Morgan fingerprint density at radius 3 is 2.27 bits per heavy atom. The molecule has 1 aromatic heterocycles. The van der Waals surface area contributed by atoms with Crippen molar-refractivity contribution in [3.05, 3.63) is 100 Å². The molecule has 0 saturated carbocycles. The summed E-state index contributed by atoms with van der Waals surface area (Å²) in [5, 5.41) is 12.3. The molecule has 0 spiro atoms. The Kier molecular flexibility index (Phi) is 8.81. The van der Waals surface area contributed by atoms with E-state index in [-0.39, 0.29) is 0 Å². The number of hydrogen-bond acceptors (Lipinski definition) is 4. The first-order chi connectivity index (χ1) is 16.1. The maximum atomic E-state index is 12.3. The summed E-state index contributed by atoms with van der Waals surface area (Å²) in [6, 6.07) is 19.4. The highest BCUT2D eigenvalue weighted by Gasteiger charge is 2.36. The number of ether oxygens (including phenoxy) is 2. The quantitative estimate of drug-likeness (QED) is 0.386. The Bertz CT molecular complexity index is 1180. The Balaban J connectivity index is 2.07. The van der Waals surface area contributed by atoms with Gasteiger partial charge in [-0.25, -0.2) is 0 Å². The second-order valence-corrected chi connectivity index (χ2v) is 7.60. The lowest BCUT2D eigenvalue weighted by Crippen LogP contribution is -2.31. The second kappa shape index (κ2) is 12.0. The lowest BCUT2D eigenvalue weighted by Gasteiger charge is -2.32. The molecule has 2 aromatic carbocycles. The number of aryl methyl sites for hydroxylation is 1. The summed E-state index contributed by atoms with van der Waals surface area (Å²) in [6.45, 7) is 6.95. The number of hydrogen-bond donors (Lipinski definition) is 1. The Morgan fingerprint density at radius 1 is 0.848 bits per heavy atom. The van der Waals surface area contributed by atoms with Crippen LogP contribution in [0.3, 0.4) is 0 Å². The van der Waals surface area contributed by atoms with Crippen LogP contribution in [0, 0.1) is 30.6 Å². The zero-order chi connectivity index (χ0) is 23.5. The van der Waals surface area contributed by atoms with Gasteiger partial charge in [0, 0.05) is 17.5 Å². The van der Waals surface area contributed by atoms with E-state index in [0.29, 0.717) is 32.0 Å². The molecule has 4 heteroatoms. The maximum absolute atomic E-state index is 12.3. The van der Waals surface area contributed by atoms with E-state index in [2.05, 4.69) is 28.7 Å². The fraction of sp³-hybridized carbons (Fsp3) is 0.276. The fourth-order valence-electron chi connectivity index (χ4n) is 3.62. The van der Waals surface area contributed by atoms with E-state index in [4.69, 9.17) is 9.47 Å². The van der Waals surface area contributed by atoms with Gasteiger partial charge in [-0.15, -0.1) is 11.8 Å². The zero-order valence-electron chi connectivity index (χ0n) is 19.4. The van der Waals surface area contributed by atoms with Gasteiger partial charge in [0.25, 0.3) is 0 Å². The van der Waals surface area contributed by atoms with E-state index in [9.17, 15) is 5.11 Å². The number of rotatable bonds is 9. The molecule has 33 heavy (non-hydrogen) atoms. The van der Waals surface area contributed by atoms with E-state index >= 15 is 0 Å². The van der Waals surface area contributed by atoms with Gasteiger partial charge in [0.05, 0.1) is 13.2 Å². The van der Waals surface area contributed by atoms with Gasteiger partial charge < -0.3 is 14.6 Å². The van der Waals surface area contributed by atoms with Gasteiger partial charge in [0.1, 0.15) is 18.8 Å². The summed E-state index contributed by atoms with van der Waals surface area (Å²) in [4.78, 5) is 4.46. The van der Waals surface area contributed by atoms with Crippen molar-refractivity contribution < 1.29 is 14.6 Å². The van der Waals surface area contributed by atoms with Crippen molar-refractivity contribution in [3.8, 4) is 23.7 Å². The molecule has 0 amide bonds. The second-order valence-electron chi connectivity index (χ2n) is 7.60. The molecule has 168 valence electrons. The van der Waals surface area contributed by atoms with Crippen molar-refractivity contribution in [1.82, 2.24) is 4.98 Å². The highest BCUT2D eigenvalue weighted by Crippen LogP contribution is 2.38. The summed E-state index contributed by atoms with van der Waals surface area (Å²) in [5.41, 5.74) is 3.47. The van der Waals surface area contributed by atoms with Crippen molar-refractivity contribution in [2.24, 2.45) is 0 Å². The topological polar surface area (TPSA) is 51.6 Å². The molecule has 4 nitrogen and oxygen atoms in total. The standard InChI is InChI=1S/C29H29NO3/c1-4-6-17-32-21-24-11-10-13-26(19-24)29(31,27-16-15-23(3)30-20-27)28-14-9-8-12-25(28)22-33-18-7-5-2/h8-16,19-20,31H,17-18,21-22H2,1-3H3. The van der Waals surface area contributed by atoms with Gasteiger partial charge in [-0.3, -0.25) is 4.98 Å². The highest BCUT2D eigenvalue weighted by atomic mass is 16.5. The normalized spacial score (nSPS) is 12.1. The number of aliphatic hydroxyl groups is 1. The molecule has 0 aliphatic carbocycles. The van der Waals surface area contributed by atoms with E-state index in [1.54, 1.807) is 20.0 Å². The number of nitrogens with zero attached hydrogens (tertiary/aromatic N) is 1. The maximum Gasteiger partial charge on any atom is 0.142 e. The summed E-state index contributed by atoms with van der Waals surface area (Å²) in [5.74, 6) is 11.5. The SMILES string of the molecule is CC#CCOCc1cccc(C(O)(c2ccc(C)nc2)c2ccccc2COCC#CC)c1. The smallest absolute Gasteiger partial charge is 0.142 e. The van der Waals surface area contributed by atoms with Crippen molar-refractivity contribution >= 4 is 0 Å². The molecule has 0 saturated heterocycles. The summed E-state index contributed by atoms with van der Waals surface area (Å²) >= 11 is 0. The number of benzene rings is 2. The summed E-state index contributed by atoms with van der Waals surface area (Å²) in [7, 11) is 0. The molecular weight excluding hydrogens is 410 g/mol. The molecule has 3 rings (SSSR count). The summed E-state index contributed by atoms with van der Waals surface area (Å²) in [6.07, 6.45) is 1.73. The zero-order valence-corrected chi connectivity index (χ0v) is 19.4. The van der Waals surface area contributed by atoms with E-state index < -0.39 is 5.60 Å². The van der Waals surface area contributed by atoms with Gasteiger partial charge in [-0.1, -0.05) is 60.4 Å². The minimum atomic E-state index is -1.42. The van der Waals surface area contributed by atoms with Crippen LogP contribution in [0.5, 0.6) is 0 Å². The average Bonchev–Trinajstić information content (AvgIpc) is 2.85. The van der Waals surface area contributed by atoms with Gasteiger partial charge in [0.15, 0.2) is 0 Å². The largest absolute Gasteiger partial charge is 0.376 e. The first-order valence-corrected chi connectivity index (χ1v) is 10.9. The molecule has 1 unspecified atom stereocenters. The van der Waals surface area contributed by atoms with Crippen molar-refractivity contribution in [2.45, 2.75) is 39.6 Å². The third-order valence-electron chi connectivity index (χ3n) is 5.31. The Labute approximate surface area is 196 Å². The van der Waals surface area contributed by atoms with Gasteiger partial charge >= 0.3 is 0 Å². The molecule has 0 fully saturated rings.